The van der Waals surface area contributed by atoms with Crippen molar-refractivity contribution < 1.29 is 22.7 Å². The number of alkyl halides is 2. The number of nitrogens with zero attached hydrogens (tertiary/aromatic N) is 1. The van der Waals surface area contributed by atoms with Gasteiger partial charge in [0.1, 0.15) is 0 Å². The van der Waals surface area contributed by atoms with Gasteiger partial charge in [-0.2, -0.15) is 0 Å². The van der Waals surface area contributed by atoms with E-state index in [-0.39, 0.29) is 23.7 Å². The highest BCUT2D eigenvalue weighted by Gasteiger charge is 2.17. The normalized spacial score (nSPS) is 14.0. The van der Waals surface area contributed by atoms with Crippen molar-refractivity contribution in [1.29, 1.82) is 0 Å². The molecule has 27 heavy (non-hydrogen) atoms. The van der Waals surface area contributed by atoms with Crippen molar-refractivity contribution in [2.75, 3.05) is 13.2 Å². The number of pyridine rings is 1. The molecular formula is C19H16F3NO3S. The fourth-order valence-corrected chi connectivity index (χ4v) is 3.47. The summed E-state index contributed by atoms with van der Waals surface area (Å²) in [5.74, 6) is 4.89. The molecule has 0 aromatic carbocycles. The third kappa shape index (κ3) is 4.67. The topological polar surface area (TPSA) is 48.3 Å². The van der Waals surface area contributed by atoms with Crippen molar-refractivity contribution in [1.82, 2.24) is 4.57 Å². The van der Waals surface area contributed by atoms with Crippen molar-refractivity contribution in [2.45, 2.75) is 26.3 Å². The number of Topliss-reactive ketones (excluding diaryl/α,β-unsaturated/α-hetero) is 1. The molecule has 1 aliphatic rings. The highest BCUT2D eigenvalue weighted by Crippen LogP contribution is 2.23. The van der Waals surface area contributed by atoms with Crippen LogP contribution in [0.25, 0.3) is 0 Å². The summed E-state index contributed by atoms with van der Waals surface area (Å²) >= 11 is 1.28. The second-order valence-electron chi connectivity index (χ2n) is 6.23. The number of carbonyl (C=O) groups is 1. The molecular weight excluding hydrogens is 379 g/mol. The van der Waals surface area contributed by atoms with Crippen molar-refractivity contribution in [3.8, 4) is 11.8 Å². The molecule has 0 unspecified atom stereocenters. The number of aromatic nitrogens is 1. The zero-order chi connectivity index (χ0) is 19.6. The molecule has 3 heterocycles. The van der Waals surface area contributed by atoms with Gasteiger partial charge in [0, 0.05) is 23.1 Å². The molecule has 0 amide bonds. The molecule has 0 saturated carbocycles. The van der Waals surface area contributed by atoms with E-state index in [4.69, 9.17) is 4.74 Å². The van der Waals surface area contributed by atoms with Gasteiger partial charge in [-0.1, -0.05) is 11.8 Å². The van der Waals surface area contributed by atoms with Crippen LogP contribution in [0.1, 0.15) is 25.7 Å². The lowest BCUT2D eigenvalue weighted by atomic mass is 10.1. The predicted octanol–water partition coefficient (Wildman–Crippen LogP) is 3.05. The van der Waals surface area contributed by atoms with E-state index in [1.807, 2.05) is 6.92 Å². The molecule has 1 saturated heterocycles. The van der Waals surface area contributed by atoms with Crippen LogP contribution in [-0.4, -0.2) is 30.0 Å². The second kappa shape index (κ2) is 8.11. The quantitative estimate of drug-likeness (QED) is 0.578. The monoisotopic (exact) mass is 395 g/mol. The number of halogens is 3. The van der Waals surface area contributed by atoms with Crippen LogP contribution in [0.5, 0.6) is 0 Å². The molecule has 2 aromatic heterocycles. The van der Waals surface area contributed by atoms with Crippen LogP contribution in [0.2, 0.25) is 0 Å². The first-order valence-electron chi connectivity index (χ1n) is 8.23. The summed E-state index contributed by atoms with van der Waals surface area (Å²) in [6, 6.07) is 2.60. The van der Waals surface area contributed by atoms with E-state index in [1.165, 1.54) is 11.3 Å². The third-order valence-electron chi connectivity index (χ3n) is 4.04. The number of ether oxygens (including phenoxy) is 1. The Labute approximate surface area is 157 Å². The molecule has 1 fully saturated rings. The highest BCUT2D eigenvalue weighted by molar-refractivity contribution is 7.14. The molecule has 0 aliphatic carbocycles. The molecule has 1 aliphatic heterocycles. The lowest BCUT2D eigenvalue weighted by Crippen LogP contribution is -2.26. The number of ketones is 1. The van der Waals surface area contributed by atoms with Crippen LogP contribution >= 0.6 is 11.3 Å². The molecule has 0 bridgehead atoms. The van der Waals surface area contributed by atoms with Gasteiger partial charge in [-0.25, -0.2) is 13.2 Å². The van der Waals surface area contributed by atoms with Gasteiger partial charge >= 0.3 is 0 Å². The highest BCUT2D eigenvalue weighted by atomic mass is 32.1. The fourth-order valence-electron chi connectivity index (χ4n) is 2.55. The van der Waals surface area contributed by atoms with E-state index >= 15 is 0 Å². The Bertz CT molecular complexity index is 980. The minimum absolute atomic E-state index is 0.169. The Kier molecular flexibility index (Phi) is 5.82. The standard InChI is InChI=1S/C19H16F3NO3S/c1-11-14(3-2-12-9-26-10-12)6-17(27-11)16(24)5-13-4-15(20)19(25)23(7-13)8-18(21)22/h4,6-7,12,18H,5,8-10H2,1H3. The van der Waals surface area contributed by atoms with Crippen molar-refractivity contribution in [3.05, 3.63) is 55.4 Å². The van der Waals surface area contributed by atoms with Crippen LogP contribution in [0.3, 0.4) is 0 Å². The minimum atomic E-state index is -2.80. The van der Waals surface area contributed by atoms with E-state index in [0.29, 0.717) is 22.7 Å². The van der Waals surface area contributed by atoms with Gasteiger partial charge in [-0.05, 0) is 24.6 Å². The molecule has 8 heteroatoms. The van der Waals surface area contributed by atoms with Crippen LogP contribution in [0.15, 0.2) is 23.1 Å². The van der Waals surface area contributed by atoms with Crippen molar-refractivity contribution in [2.24, 2.45) is 5.92 Å². The molecule has 4 nitrogen and oxygen atoms in total. The Balaban J connectivity index is 1.78. The molecule has 3 rings (SSSR count). The zero-order valence-electron chi connectivity index (χ0n) is 14.4. The average Bonchev–Trinajstić information content (AvgIpc) is 2.91. The van der Waals surface area contributed by atoms with E-state index in [0.717, 1.165) is 22.7 Å². The third-order valence-corrected chi connectivity index (χ3v) is 5.13. The first-order chi connectivity index (χ1) is 12.8. The van der Waals surface area contributed by atoms with Gasteiger partial charge in [0.15, 0.2) is 11.6 Å². The predicted molar refractivity (Wildman–Crippen MR) is 94.9 cm³/mol. The molecule has 2 aromatic rings. The van der Waals surface area contributed by atoms with Gasteiger partial charge in [0.2, 0.25) is 0 Å². The Morgan fingerprint density at radius 2 is 2.15 bits per heavy atom. The molecule has 0 radical (unpaired) electrons. The summed E-state index contributed by atoms with van der Waals surface area (Å²) in [5, 5.41) is 0. The maximum Gasteiger partial charge on any atom is 0.286 e. The van der Waals surface area contributed by atoms with Gasteiger partial charge in [-0.3, -0.25) is 9.59 Å². The minimum Gasteiger partial charge on any atom is -0.379 e. The second-order valence-corrected chi connectivity index (χ2v) is 7.49. The average molecular weight is 395 g/mol. The first-order valence-corrected chi connectivity index (χ1v) is 9.05. The largest absolute Gasteiger partial charge is 0.379 e. The maximum absolute atomic E-state index is 13.7. The van der Waals surface area contributed by atoms with Crippen molar-refractivity contribution >= 4 is 17.1 Å². The van der Waals surface area contributed by atoms with E-state index in [9.17, 15) is 22.8 Å². The summed E-state index contributed by atoms with van der Waals surface area (Å²) in [4.78, 5) is 25.4. The Morgan fingerprint density at radius 3 is 2.78 bits per heavy atom. The number of hydrogen-bond acceptors (Lipinski definition) is 4. The molecule has 0 spiro atoms. The number of rotatable bonds is 5. The van der Waals surface area contributed by atoms with Crippen LogP contribution < -0.4 is 5.56 Å². The zero-order valence-corrected chi connectivity index (χ0v) is 15.2. The fraction of sp³-hybridized carbons (Fsp3) is 0.368. The van der Waals surface area contributed by atoms with Crippen LogP contribution in [0, 0.1) is 30.5 Å². The molecule has 0 atom stereocenters. The van der Waals surface area contributed by atoms with E-state index in [2.05, 4.69) is 11.8 Å². The van der Waals surface area contributed by atoms with Crippen LogP contribution in [-0.2, 0) is 17.7 Å². The summed E-state index contributed by atoms with van der Waals surface area (Å²) in [5.41, 5.74) is -0.205. The lowest BCUT2D eigenvalue weighted by molar-refractivity contribution is -0.00300. The number of thiophene rings is 1. The number of hydrogen-bond donors (Lipinski definition) is 0. The number of aryl methyl sites for hydroxylation is 1. The van der Waals surface area contributed by atoms with Gasteiger partial charge < -0.3 is 9.30 Å². The summed E-state index contributed by atoms with van der Waals surface area (Å²) < 4.78 is 44.4. The SMILES string of the molecule is Cc1sc(C(=O)Cc2cc(F)c(=O)n(CC(F)F)c2)cc1C#CC1COC1. The van der Waals surface area contributed by atoms with Crippen molar-refractivity contribution in [3.63, 3.8) is 0 Å². The summed E-state index contributed by atoms with van der Waals surface area (Å²) in [7, 11) is 0. The molecule has 0 N–H and O–H groups in total. The van der Waals surface area contributed by atoms with E-state index in [1.54, 1.807) is 6.07 Å². The van der Waals surface area contributed by atoms with Gasteiger partial charge in [0.05, 0.1) is 30.6 Å². The Morgan fingerprint density at radius 1 is 1.41 bits per heavy atom. The number of carbonyl (C=O) groups excluding carboxylic acids is 1. The Hall–Kier alpha value is -2.37. The summed E-state index contributed by atoms with van der Waals surface area (Å²) in [6.07, 6.45) is -1.88. The summed E-state index contributed by atoms with van der Waals surface area (Å²) in [6.45, 7) is 2.16. The first kappa shape index (κ1) is 19.4. The van der Waals surface area contributed by atoms with Gasteiger partial charge in [0.25, 0.3) is 12.0 Å². The lowest BCUT2D eigenvalue weighted by Gasteiger charge is -2.19. The van der Waals surface area contributed by atoms with E-state index < -0.39 is 24.3 Å². The van der Waals surface area contributed by atoms with Crippen LogP contribution in [0.4, 0.5) is 13.2 Å². The molecule has 142 valence electrons. The maximum atomic E-state index is 13.7. The van der Waals surface area contributed by atoms with Gasteiger partial charge in [-0.15, -0.1) is 11.3 Å². The smallest absolute Gasteiger partial charge is 0.286 e.